The second kappa shape index (κ2) is 6.68. The molecule has 0 atom stereocenters. The van der Waals surface area contributed by atoms with Crippen LogP contribution in [0.15, 0.2) is 36.7 Å². The molecule has 0 aliphatic heterocycles. The molecule has 0 saturated carbocycles. The molecule has 0 radical (unpaired) electrons. The minimum atomic E-state index is 0.0228. The molecule has 0 bridgehead atoms. The van der Waals surface area contributed by atoms with Gasteiger partial charge in [-0.05, 0) is 18.0 Å². The molecule has 0 aliphatic carbocycles. The standard InChI is InChI=1S/C17H23N3O/c1-5-18-10-13-11-20-16(12-19-13)21-15-9-7-6-8-14(15)17(2,3)4/h6-9,11-12,18H,5,10H2,1-4H3. The summed E-state index contributed by atoms with van der Waals surface area (Å²) in [5, 5.41) is 3.22. The Bertz CT molecular complexity index is 573. The fourth-order valence-corrected chi connectivity index (χ4v) is 2.03. The number of aromatic nitrogens is 2. The topological polar surface area (TPSA) is 47.0 Å². The van der Waals surface area contributed by atoms with Gasteiger partial charge in [0, 0.05) is 12.1 Å². The first kappa shape index (κ1) is 15.4. The third-order valence-electron chi connectivity index (χ3n) is 3.15. The van der Waals surface area contributed by atoms with E-state index < -0.39 is 0 Å². The van der Waals surface area contributed by atoms with Gasteiger partial charge in [-0.3, -0.25) is 4.98 Å². The minimum Gasteiger partial charge on any atom is -0.437 e. The van der Waals surface area contributed by atoms with E-state index in [0.717, 1.165) is 30.1 Å². The Balaban J connectivity index is 2.15. The van der Waals surface area contributed by atoms with E-state index in [1.807, 2.05) is 18.2 Å². The predicted octanol–water partition coefficient (Wildman–Crippen LogP) is 3.68. The van der Waals surface area contributed by atoms with Gasteiger partial charge >= 0.3 is 0 Å². The molecule has 0 fully saturated rings. The Labute approximate surface area is 126 Å². The van der Waals surface area contributed by atoms with Crippen LogP contribution in [-0.2, 0) is 12.0 Å². The quantitative estimate of drug-likeness (QED) is 0.910. The zero-order valence-corrected chi connectivity index (χ0v) is 13.2. The summed E-state index contributed by atoms with van der Waals surface area (Å²) in [7, 11) is 0. The molecule has 21 heavy (non-hydrogen) atoms. The second-order valence-corrected chi connectivity index (χ2v) is 5.97. The summed E-state index contributed by atoms with van der Waals surface area (Å²) in [4.78, 5) is 8.68. The molecule has 4 heteroatoms. The number of nitrogens with zero attached hydrogens (tertiary/aromatic N) is 2. The molecule has 1 aromatic carbocycles. The highest BCUT2D eigenvalue weighted by molar-refractivity contribution is 5.40. The average molecular weight is 285 g/mol. The summed E-state index contributed by atoms with van der Waals surface area (Å²) in [5.41, 5.74) is 2.09. The van der Waals surface area contributed by atoms with Crippen LogP contribution < -0.4 is 10.1 Å². The van der Waals surface area contributed by atoms with Crippen molar-refractivity contribution in [2.45, 2.75) is 39.7 Å². The Morgan fingerprint density at radius 2 is 1.86 bits per heavy atom. The van der Waals surface area contributed by atoms with E-state index in [2.05, 4.69) is 49.0 Å². The van der Waals surface area contributed by atoms with E-state index in [9.17, 15) is 0 Å². The summed E-state index contributed by atoms with van der Waals surface area (Å²) in [6.07, 6.45) is 3.42. The first-order valence-electron chi connectivity index (χ1n) is 7.29. The van der Waals surface area contributed by atoms with E-state index in [0.29, 0.717) is 5.88 Å². The largest absolute Gasteiger partial charge is 0.437 e. The maximum Gasteiger partial charge on any atom is 0.237 e. The lowest BCUT2D eigenvalue weighted by atomic mass is 9.86. The van der Waals surface area contributed by atoms with E-state index in [-0.39, 0.29) is 5.41 Å². The zero-order chi connectivity index (χ0) is 15.3. The highest BCUT2D eigenvalue weighted by Crippen LogP contribution is 2.33. The van der Waals surface area contributed by atoms with Crippen LogP contribution in [0.25, 0.3) is 0 Å². The second-order valence-electron chi connectivity index (χ2n) is 5.97. The van der Waals surface area contributed by atoms with Crippen LogP contribution in [-0.4, -0.2) is 16.5 Å². The maximum atomic E-state index is 5.90. The summed E-state index contributed by atoms with van der Waals surface area (Å²) < 4.78 is 5.90. The van der Waals surface area contributed by atoms with Gasteiger partial charge in [-0.2, -0.15) is 0 Å². The third-order valence-corrected chi connectivity index (χ3v) is 3.15. The van der Waals surface area contributed by atoms with Crippen LogP contribution in [0.4, 0.5) is 0 Å². The number of para-hydroxylation sites is 1. The van der Waals surface area contributed by atoms with Gasteiger partial charge in [0.15, 0.2) is 0 Å². The monoisotopic (exact) mass is 285 g/mol. The molecule has 0 amide bonds. The average Bonchev–Trinajstić information content (AvgIpc) is 2.46. The molecule has 2 aromatic rings. The molecule has 1 aromatic heterocycles. The van der Waals surface area contributed by atoms with Crippen LogP contribution in [0, 0.1) is 0 Å². The molecule has 1 heterocycles. The molecule has 0 aliphatic rings. The van der Waals surface area contributed by atoms with Crippen LogP contribution in [0.1, 0.15) is 39.0 Å². The van der Waals surface area contributed by atoms with Crippen molar-refractivity contribution in [2.75, 3.05) is 6.54 Å². The SMILES string of the molecule is CCNCc1cnc(Oc2ccccc2C(C)(C)C)cn1. The van der Waals surface area contributed by atoms with Crippen molar-refractivity contribution in [3.8, 4) is 11.6 Å². The fourth-order valence-electron chi connectivity index (χ4n) is 2.03. The molecule has 112 valence electrons. The molecule has 0 saturated heterocycles. The number of hydrogen-bond donors (Lipinski definition) is 1. The first-order chi connectivity index (χ1) is 10.0. The molecule has 2 rings (SSSR count). The summed E-state index contributed by atoms with van der Waals surface area (Å²) in [6, 6.07) is 8.05. The predicted molar refractivity (Wildman–Crippen MR) is 84.6 cm³/mol. The summed E-state index contributed by atoms with van der Waals surface area (Å²) in [5.74, 6) is 1.35. The lowest BCUT2D eigenvalue weighted by molar-refractivity contribution is 0.436. The van der Waals surface area contributed by atoms with Gasteiger partial charge in [0.25, 0.3) is 0 Å². The van der Waals surface area contributed by atoms with Crippen molar-refractivity contribution in [3.63, 3.8) is 0 Å². The molecule has 0 unspecified atom stereocenters. The number of rotatable bonds is 5. The third kappa shape index (κ3) is 4.26. The van der Waals surface area contributed by atoms with E-state index in [4.69, 9.17) is 4.74 Å². The Morgan fingerprint density at radius 3 is 2.48 bits per heavy atom. The molecular weight excluding hydrogens is 262 g/mol. The lowest BCUT2D eigenvalue weighted by Crippen LogP contribution is -2.13. The number of nitrogens with one attached hydrogen (secondary N) is 1. The van der Waals surface area contributed by atoms with E-state index >= 15 is 0 Å². The number of ether oxygens (including phenoxy) is 1. The molecule has 4 nitrogen and oxygen atoms in total. The van der Waals surface area contributed by atoms with Crippen LogP contribution >= 0.6 is 0 Å². The molecule has 0 spiro atoms. The molecule has 1 N–H and O–H groups in total. The Kier molecular flexibility index (Phi) is 4.91. The Morgan fingerprint density at radius 1 is 1.10 bits per heavy atom. The lowest BCUT2D eigenvalue weighted by Gasteiger charge is -2.22. The van der Waals surface area contributed by atoms with Crippen molar-refractivity contribution in [2.24, 2.45) is 0 Å². The smallest absolute Gasteiger partial charge is 0.237 e. The summed E-state index contributed by atoms with van der Waals surface area (Å²) >= 11 is 0. The van der Waals surface area contributed by atoms with Crippen molar-refractivity contribution < 1.29 is 4.74 Å². The van der Waals surface area contributed by atoms with Crippen molar-refractivity contribution >= 4 is 0 Å². The van der Waals surface area contributed by atoms with Gasteiger partial charge in [0.1, 0.15) is 5.75 Å². The summed E-state index contributed by atoms with van der Waals surface area (Å²) in [6.45, 7) is 10.2. The fraction of sp³-hybridized carbons (Fsp3) is 0.412. The van der Waals surface area contributed by atoms with E-state index in [1.165, 1.54) is 0 Å². The highest BCUT2D eigenvalue weighted by Gasteiger charge is 2.19. The number of hydrogen-bond acceptors (Lipinski definition) is 4. The maximum absolute atomic E-state index is 5.90. The van der Waals surface area contributed by atoms with Crippen molar-refractivity contribution in [1.29, 1.82) is 0 Å². The van der Waals surface area contributed by atoms with Gasteiger partial charge in [-0.1, -0.05) is 45.9 Å². The zero-order valence-electron chi connectivity index (χ0n) is 13.2. The first-order valence-corrected chi connectivity index (χ1v) is 7.29. The highest BCUT2D eigenvalue weighted by atomic mass is 16.5. The van der Waals surface area contributed by atoms with Crippen LogP contribution in [0.5, 0.6) is 11.6 Å². The van der Waals surface area contributed by atoms with Crippen LogP contribution in [0.3, 0.4) is 0 Å². The van der Waals surface area contributed by atoms with Gasteiger partial charge in [0.05, 0.1) is 18.1 Å². The van der Waals surface area contributed by atoms with Crippen LogP contribution in [0.2, 0.25) is 0 Å². The van der Waals surface area contributed by atoms with Crippen molar-refractivity contribution in [1.82, 2.24) is 15.3 Å². The van der Waals surface area contributed by atoms with Gasteiger partial charge in [-0.15, -0.1) is 0 Å². The molecular formula is C17H23N3O. The number of benzene rings is 1. The van der Waals surface area contributed by atoms with Gasteiger partial charge in [0.2, 0.25) is 5.88 Å². The van der Waals surface area contributed by atoms with Gasteiger partial charge in [-0.25, -0.2) is 4.98 Å². The van der Waals surface area contributed by atoms with Gasteiger partial charge < -0.3 is 10.1 Å². The Hall–Kier alpha value is -1.94. The normalized spacial score (nSPS) is 11.4. The minimum absolute atomic E-state index is 0.0228. The van der Waals surface area contributed by atoms with E-state index in [1.54, 1.807) is 12.4 Å². The van der Waals surface area contributed by atoms with Crippen molar-refractivity contribution in [3.05, 3.63) is 47.9 Å².